The monoisotopic (exact) mass is 754 g/mol. The van der Waals surface area contributed by atoms with Crippen molar-refractivity contribution in [3.63, 3.8) is 0 Å². The van der Waals surface area contributed by atoms with Gasteiger partial charge in [-0.3, -0.25) is 9.59 Å². The van der Waals surface area contributed by atoms with Crippen molar-refractivity contribution >= 4 is 27.5 Å². The number of carbonyl (C=O) groups is 2. The van der Waals surface area contributed by atoms with Gasteiger partial charge in [-0.25, -0.2) is 0 Å². The molecule has 0 atom stereocenters. The number of fused-ring (bicyclic) bond motifs is 8. The fourth-order valence-electron chi connectivity index (χ4n) is 6.71. The highest BCUT2D eigenvalue weighted by atomic mass is 79.9. The Morgan fingerprint density at radius 3 is 1.06 bits per heavy atom. The van der Waals surface area contributed by atoms with Crippen molar-refractivity contribution in [2.45, 2.75) is 92.9 Å². The van der Waals surface area contributed by atoms with Crippen LogP contribution in [0.3, 0.4) is 0 Å². The number of rotatable bonds is 14. The van der Waals surface area contributed by atoms with E-state index in [4.69, 9.17) is 18.9 Å². The van der Waals surface area contributed by atoms with Gasteiger partial charge in [0.25, 0.3) is 0 Å². The summed E-state index contributed by atoms with van der Waals surface area (Å²) in [6.07, 6.45) is 5.42. The lowest BCUT2D eigenvalue weighted by molar-refractivity contribution is 0.100. The molecule has 0 aromatic heterocycles. The summed E-state index contributed by atoms with van der Waals surface area (Å²) in [5.41, 5.74) is 9.04. The van der Waals surface area contributed by atoms with Gasteiger partial charge in [0.05, 0.1) is 26.4 Å². The number of ketones is 2. The number of hydrogen-bond acceptors (Lipinski definition) is 6. The summed E-state index contributed by atoms with van der Waals surface area (Å²) >= 11 is 3.81. The minimum atomic E-state index is 0.00177. The predicted molar refractivity (Wildman–Crippen MR) is 208 cm³/mol. The summed E-state index contributed by atoms with van der Waals surface area (Å²) in [5.74, 6) is 3.23. The molecule has 0 aliphatic heterocycles. The van der Waals surface area contributed by atoms with E-state index in [-0.39, 0.29) is 11.6 Å². The van der Waals surface area contributed by atoms with Crippen LogP contribution in [-0.2, 0) is 25.7 Å². The van der Waals surface area contributed by atoms with Crippen molar-refractivity contribution in [3.05, 3.63) is 115 Å². The molecule has 4 aromatic rings. The van der Waals surface area contributed by atoms with E-state index in [0.29, 0.717) is 63.2 Å². The van der Waals surface area contributed by atoms with Crippen LogP contribution >= 0.6 is 15.9 Å². The lowest BCUT2D eigenvalue weighted by Gasteiger charge is -2.24. The molecule has 0 saturated heterocycles. The van der Waals surface area contributed by atoms with Crippen LogP contribution in [0.1, 0.15) is 132 Å². The average Bonchev–Trinajstić information content (AvgIpc) is 3.09. The van der Waals surface area contributed by atoms with Crippen molar-refractivity contribution in [3.8, 4) is 23.0 Å². The Morgan fingerprint density at radius 2 is 0.765 bits per heavy atom. The van der Waals surface area contributed by atoms with Gasteiger partial charge in [0.15, 0.2) is 11.6 Å². The molecule has 0 N–H and O–H groups in total. The molecule has 4 aromatic carbocycles. The lowest BCUT2D eigenvalue weighted by atomic mass is 9.89. The largest absolute Gasteiger partial charge is 0.493 e. The summed E-state index contributed by atoms with van der Waals surface area (Å²) in [4.78, 5) is 26.1. The van der Waals surface area contributed by atoms with Crippen LogP contribution < -0.4 is 18.9 Å². The van der Waals surface area contributed by atoms with Gasteiger partial charge in [-0.05, 0) is 109 Å². The fourth-order valence-corrected chi connectivity index (χ4v) is 7.26. The highest BCUT2D eigenvalue weighted by Gasteiger charge is 2.24. The maximum atomic E-state index is 13.0. The molecule has 51 heavy (non-hydrogen) atoms. The number of hydrogen-bond donors (Lipinski definition) is 0. The third kappa shape index (κ3) is 9.23. The SMILES string of the molecule is CCCOc1c2cccc1Cc1cc(C(C)=O)cc(c1OCCC)Cc1cc(Br)cc(c1OCCC)Cc1cc(C(C)=O)cc(c1OCCC)C2. The molecule has 0 spiro atoms. The van der Waals surface area contributed by atoms with Gasteiger partial charge < -0.3 is 18.9 Å². The Labute approximate surface area is 312 Å². The van der Waals surface area contributed by atoms with E-state index in [1.54, 1.807) is 13.8 Å². The third-order valence-corrected chi connectivity index (χ3v) is 9.47. The van der Waals surface area contributed by atoms with Gasteiger partial charge in [0.1, 0.15) is 23.0 Å². The minimum Gasteiger partial charge on any atom is -0.493 e. The van der Waals surface area contributed by atoms with Crippen molar-refractivity contribution in [1.29, 1.82) is 0 Å². The number of ether oxygens (including phenoxy) is 4. The van der Waals surface area contributed by atoms with Crippen LogP contribution in [0.5, 0.6) is 23.0 Å². The van der Waals surface area contributed by atoms with Crippen LogP contribution in [-0.4, -0.2) is 38.0 Å². The van der Waals surface area contributed by atoms with Crippen LogP contribution in [0.25, 0.3) is 0 Å². The van der Waals surface area contributed by atoms with E-state index >= 15 is 0 Å². The van der Waals surface area contributed by atoms with E-state index in [0.717, 1.165) is 97.7 Å². The number of carbonyl (C=O) groups excluding carboxylic acids is 2. The normalized spacial score (nSPS) is 12.3. The Kier molecular flexibility index (Phi) is 13.4. The molecule has 0 heterocycles. The highest BCUT2D eigenvalue weighted by molar-refractivity contribution is 9.10. The smallest absolute Gasteiger partial charge is 0.159 e. The fraction of sp³-hybridized carbons (Fsp3) is 0.409. The first kappa shape index (κ1) is 38.1. The number of Topliss-reactive ketones (excluding diaryl/α,β-unsaturated/α-hetero) is 2. The molecular formula is C44H51BrO6. The van der Waals surface area contributed by atoms with Crippen LogP contribution in [0, 0.1) is 0 Å². The topological polar surface area (TPSA) is 71.1 Å². The molecule has 0 amide bonds. The molecule has 5 rings (SSSR count). The van der Waals surface area contributed by atoms with Gasteiger partial charge in [-0.2, -0.15) is 0 Å². The quantitative estimate of drug-likeness (QED) is 0.105. The van der Waals surface area contributed by atoms with E-state index in [1.165, 1.54) is 0 Å². The van der Waals surface area contributed by atoms with Crippen molar-refractivity contribution in [1.82, 2.24) is 0 Å². The van der Waals surface area contributed by atoms with Gasteiger partial charge >= 0.3 is 0 Å². The van der Waals surface area contributed by atoms with Crippen LogP contribution in [0.4, 0.5) is 0 Å². The molecule has 0 saturated carbocycles. The highest BCUT2D eigenvalue weighted by Crippen LogP contribution is 2.41. The first-order chi connectivity index (χ1) is 24.7. The van der Waals surface area contributed by atoms with E-state index in [1.807, 2.05) is 24.3 Å². The maximum absolute atomic E-state index is 13.0. The Morgan fingerprint density at radius 1 is 0.490 bits per heavy atom. The summed E-state index contributed by atoms with van der Waals surface area (Å²) in [6, 6.07) is 18.4. The molecule has 7 heteroatoms. The van der Waals surface area contributed by atoms with Crippen LogP contribution in [0.15, 0.2) is 59.1 Å². The Hall–Kier alpha value is -4.10. The first-order valence-corrected chi connectivity index (χ1v) is 19.2. The summed E-state index contributed by atoms with van der Waals surface area (Å²) < 4.78 is 27.2. The zero-order chi connectivity index (χ0) is 36.5. The molecule has 1 aliphatic carbocycles. The van der Waals surface area contributed by atoms with Gasteiger partial charge in [-0.15, -0.1) is 0 Å². The van der Waals surface area contributed by atoms with Gasteiger partial charge in [-0.1, -0.05) is 61.8 Å². The van der Waals surface area contributed by atoms with E-state index < -0.39 is 0 Å². The second-order valence-corrected chi connectivity index (χ2v) is 14.3. The second kappa shape index (κ2) is 17.9. The summed E-state index contributed by atoms with van der Waals surface area (Å²) in [6.45, 7) is 13.8. The van der Waals surface area contributed by atoms with Crippen molar-refractivity contribution < 1.29 is 28.5 Å². The third-order valence-electron chi connectivity index (χ3n) is 9.01. The molecule has 8 bridgehead atoms. The summed E-state index contributed by atoms with van der Waals surface area (Å²) in [7, 11) is 0. The molecule has 1 aliphatic rings. The van der Waals surface area contributed by atoms with Crippen molar-refractivity contribution in [2.75, 3.05) is 26.4 Å². The molecular weight excluding hydrogens is 704 g/mol. The van der Waals surface area contributed by atoms with E-state index in [2.05, 4.69) is 74.0 Å². The molecule has 0 radical (unpaired) electrons. The van der Waals surface area contributed by atoms with Gasteiger partial charge in [0, 0.05) is 52.4 Å². The lowest BCUT2D eigenvalue weighted by Crippen LogP contribution is -2.11. The molecule has 0 unspecified atom stereocenters. The zero-order valence-electron chi connectivity index (χ0n) is 31.0. The standard InChI is InChI=1S/C44H51BrO6/c1-7-14-48-41-30-12-11-13-31(41)19-35-21-33(29(6)47)23-37(43(35)50-16-9-3)25-39-27-40(45)26-38(44(39)51-17-10-4)24-36-22-32(28(5)46)20-34(18-30)42(36)49-15-8-2/h11-13,20-23,26-27H,7-10,14-19,24-25H2,1-6H3. The minimum absolute atomic E-state index is 0.00177. The van der Waals surface area contributed by atoms with Crippen LogP contribution in [0.2, 0.25) is 0 Å². The summed E-state index contributed by atoms with van der Waals surface area (Å²) in [5, 5.41) is 0. The number of halogens is 1. The van der Waals surface area contributed by atoms with Gasteiger partial charge in [0.2, 0.25) is 0 Å². The second-order valence-electron chi connectivity index (χ2n) is 13.4. The average molecular weight is 756 g/mol. The van der Waals surface area contributed by atoms with Crippen molar-refractivity contribution in [2.24, 2.45) is 0 Å². The molecule has 270 valence electrons. The number of para-hydroxylation sites is 1. The zero-order valence-corrected chi connectivity index (χ0v) is 32.6. The molecule has 6 nitrogen and oxygen atoms in total. The maximum Gasteiger partial charge on any atom is 0.159 e. The first-order valence-electron chi connectivity index (χ1n) is 18.4. The predicted octanol–water partition coefficient (Wildman–Crippen LogP) is 10.7. The molecule has 0 fully saturated rings. The Bertz CT molecular complexity index is 1760. The number of benzene rings is 4. The Balaban J connectivity index is 1.87. The van der Waals surface area contributed by atoms with E-state index in [9.17, 15) is 9.59 Å².